The average Bonchev–Trinajstić information content (AvgIpc) is 2.89. The van der Waals surface area contributed by atoms with Crippen molar-refractivity contribution in [3.63, 3.8) is 0 Å². The van der Waals surface area contributed by atoms with Gasteiger partial charge in [-0.1, -0.05) is 0 Å². The Morgan fingerprint density at radius 1 is 1.21 bits per heavy atom. The van der Waals surface area contributed by atoms with E-state index < -0.39 is 0 Å². The van der Waals surface area contributed by atoms with E-state index >= 15 is 0 Å². The Morgan fingerprint density at radius 3 is 2.58 bits per heavy atom. The van der Waals surface area contributed by atoms with Gasteiger partial charge in [-0.2, -0.15) is 5.10 Å². The molecule has 0 bridgehead atoms. The molecule has 1 heterocycles. The lowest BCUT2D eigenvalue weighted by molar-refractivity contribution is 0.355. The minimum atomic E-state index is 0.371. The zero-order valence-electron chi connectivity index (χ0n) is 14.7. The van der Waals surface area contributed by atoms with Gasteiger partial charge in [0.2, 0.25) is 0 Å². The van der Waals surface area contributed by atoms with E-state index in [0.29, 0.717) is 24.0 Å². The van der Waals surface area contributed by atoms with Crippen molar-refractivity contribution < 1.29 is 9.47 Å². The molecule has 0 amide bonds. The summed E-state index contributed by atoms with van der Waals surface area (Å²) >= 11 is 0. The summed E-state index contributed by atoms with van der Waals surface area (Å²) in [6.45, 7) is 5.50. The Hall–Kier alpha value is -2.70. The summed E-state index contributed by atoms with van der Waals surface area (Å²) in [5, 5.41) is 7.48. The zero-order valence-corrected chi connectivity index (χ0v) is 14.7. The second-order valence-electron chi connectivity index (χ2n) is 5.47. The van der Waals surface area contributed by atoms with Crippen LogP contribution in [0.15, 0.2) is 29.3 Å². The molecule has 130 valence electrons. The number of rotatable bonds is 7. The molecule has 1 aromatic carbocycles. The first-order chi connectivity index (χ1) is 11.5. The van der Waals surface area contributed by atoms with Crippen LogP contribution in [-0.4, -0.2) is 36.5 Å². The first kappa shape index (κ1) is 17.7. The van der Waals surface area contributed by atoms with Crippen molar-refractivity contribution in [1.82, 2.24) is 9.78 Å². The number of benzene rings is 1. The topological polar surface area (TPSA) is 86.7 Å². The fraction of sp³-hybridized carbons (Fsp3) is 0.412. The van der Waals surface area contributed by atoms with E-state index in [0.717, 1.165) is 30.0 Å². The van der Waals surface area contributed by atoms with Crippen LogP contribution >= 0.6 is 0 Å². The third-order valence-corrected chi connectivity index (χ3v) is 3.57. The first-order valence-electron chi connectivity index (χ1n) is 7.83. The highest BCUT2D eigenvalue weighted by atomic mass is 16.5. The van der Waals surface area contributed by atoms with Gasteiger partial charge >= 0.3 is 0 Å². The van der Waals surface area contributed by atoms with Crippen molar-refractivity contribution in [3.05, 3.63) is 35.7 Å². The number of guanidine groups is 1. The van der Waals surface area contributed by atoms with Crippen LogP contribution in [0.1, 0.15) is 17.8 Å². The highest BCUT2D eigenvalue weighted by Crippen LogP contribution is 2.29. The van der Waals surface area contributed by atoms with Crippen molar-refractivity contribution in [2.24, 2.45) is 10.7 Å². The number of aliphatic imine (C=N–C) groups is 1. The molecule has 0 atom stereocenters. The van der Waals surface area contributed by atoms with Gasteiger partial charge in [-0.25, -0.2) is 0 Å². The Morgan fingerprint density at radius 2 is 1.96 bits per heavy atom. The number of nitrogens with two attached hydrogens (primary N) is 1. The third kappa shape index (κ3) is 4.65. The molecule has 0 unspecified atom stereocenters. The van der Waals surface area contributed by atoms with Gasteiger partial charge in [-0.15, -0.1) is 0 Å². The number of methoxy groups -OCH3 is 2. The maximum atomic E-state index is 5.93. The fourth-order valence-corrected chi connectivity index (χ4v) is 2.42. The Balaban J connectivity index is 1.86. The molecule has 7 nitrogen and oxygen atoms in total. The molecule has 0 fully saturated rings. The minimum absolute atomic E-state index is 0.371. The van der Waals surface area contributed by atoms with Crippen molar-refractivity contribution in [3.8, 4) is 11.5 Å². The Bertz CT molecular complexity index is 709. The number of aryl methyl sites for hydroxylation is 3. The quantitative estimate of drug-likeness (QED) is 0.462. The van der Waals surface area contributed by atoms with Crippen LogP contribution in [0, 0.1) is 13.8 Å². The predicted octanol–water partition coefficient (Wildman–Crippen LogP) is 2.33. The van der Waals surface area contributed by atoms with Gasteiger partial charge in [-0.3, -0.25) is 9.67 Å². The van der Waals surface area contributed by atoms with Crippen LogP contribution in [0.4, 0.5) is 5.69 Å². The second kappa shape index (κ2) is 8.24. The SMILES string of the molecule is COc1ccc(NC(N)=NCCCn2nc(C)cc2C)cc1OC. The molecule has 0 saturated carbocycles. The van der Waals surface area contributed by atoms with E-state index in [1.165, 1.54) is 0 Å². The lowest BCUT2D eigenvalue weighted by Crippen LogP contribution is -2.23. The van der Waals surface area contributed by atoms with E-state index in [1.807, 2.05) is 29.8 Å². The van der Waals surface area contributed by atoms with Gasteiger partial charge in [-0.05, 0) is 38.5 Å². The standard InChI is InChI=1S/C17H25N5O2/c1-12-10-13(2)22(21-12)9-5-8-19-17(18)20-14-6-7-15(23-3)16(11-14)24-4/h6-7,10-11H,5,8-9H2,1-4H3,(H3,18,19,20). The molecule has 0 aliphatic rings. The Labute approximate surface area is 142 Å². The van der Waals surface area contributed by atoms with Crippen molar-refractivity contribution in [2.45, 2.75) is 26.8 Å². The maximum absolute atomic E-state index is 5.93. The van der Waals surface area contributed by atoms with E-state index in [2.05, 4.69) is 28.4 Å². The highest BCUT2D eigenvalue weighted by Gasteiger charge is 2.05. The summed E-state index contributed by atoms with van der Waals surface area (Å²) in [5.41, 5.74) is 8.92. The van der Waals surface area contributed by atoms with Gasteiger partial charge in [0.05, 0.1) is 19.9 Å². The Kier molecular flexibility index (Phi) is 6.06. The number of aromatic nitrogens is 2. The minimum Gasteiger partial charge on any atom is -0.493 e. The number of ether oxygens (including phenoxy) is 2. The van der Waals surface area contributed by atoms with Crippen LogP contribution in [0.3, 0.4) is 0 Å². The first-order valence-corrected chi connectivity index (χ1v) is 7.83. The molecule has 3 N–H and O–H groups in total. The van der Waals surface area contributed by atoms with E-state index in [-0.39, 0.29) is 0 Å². The lowest BCUT2D eigenvalue weighted by atomic mass is 10.3. The fourth-order valence-electron chi connectivity index (χ4n) is 2.42. The third-order valence-electron chi connectivity index (χ3n) is 3.57. The largest absolute Gasteiger partial charge is 0.493 e. The van der Waals surface area contributed by atoms with E-state index in [9.17, 15) is 0 Å². The normalized spacial score (nSPS) is 11.4. The second-order valence-corrected chi connectivity index (χ2v) is 5.47. The summed E-state index contributed by atoms with van der Waals surface area (Å²) in [6, 6.07) is 7.56. The van der Waals surface area contributed by atoms with Gasteiger partial charge in [0.1, 0.15) is 0 Å². The molecule has 0 saturated heterocycles. The van der Waals surface area contributed by atoms with Crippen molar-refractivity contribution >= 4 is 11.6 Å². The monoisotopic (exact) mass is 331 g/mol. The highest BCUT2D eigenvalue weighted by molar-refractivity contribution is 5.92. The van der Waals surface area contributed by atoms with Crippen molar-refractivity contribution in [2.75, 3.05) is 26.1 Å². The number of nitrogens with one attached hydrogen (secondary N) is 1. The van der Waals surface area contributed by atoms with Crippen LogP contribution in [0.25, 0.3) is 0 Å². The van der Waals surface area contributed by atoms with E-state index in [4.69, 9.17) is 15.2 Å². The van der Waals surface area contributed by atoms with Crippen molar-refractivity contribution in [1.29, 1.82) is 0 Å². The van der Waals surface area contributed by atoms with Crippen LogP contribution in [0.2, 0.25) is 0 Å². The lowest BCUT2D eigenvalue weighted by Gasteiger charge is -2.11. The summed E-state index contributed by atoms with van der Waals surface area (Å²) in [6.07, 6.45) is 0.871. The smallest absolute Gasteiger partial charge is 0.193 e. The molecule has 0 aliphatic heterocycles. The average molecular weight is 331 g/mol. The van der Waals surface area contributed by atoms with Gasteiger partial charge in [0.25, 0.3) is 0 Å². The maximum Gasteiger partial charge on any atom is 0.193 e. The number of anilines is 1. The van der Waals surface area contributed by atoms with Gasteiger partial charge in [0.15, 0.2) is 17.5 Å². The molecule has 0 spiro atoms. The molecular weight excluding hydrogens is 306 g/mol. The van der Waals surface area contributed by atoms with Gasteiger partial charge < -0.3 is 20.5 Å². The molecule has 0 radical (unpaired) electrons. The molecular formula is C17H25N5O2. The molecule has 2 aromatic rings. The molecule has 2 rings (SSSR count). The van der Waals surface area contributed by atoms with Crippen LogP contribution in [-0.2, 0) is 6.54 Å². The molecule has 24 heavy (non-hydrogen) atoms. The summed E-state index contributed by atoms with van der Waals surface area (Å²) < 4.78 is 12.5. The number of nitrogens with zero attached hydrogens (tertiary/aromatic N) is 3. The molecule has 0 aliphatic carbocycles. The summed E-state index contributed by atoms with van der Waals surface area (Å²) in [7, 11) is 3.20. The molecule has 7 heteroatoms. The number of hydrogen-bond donors (Lipinski definition) is 2. The summed E-state index contributed by atoms with van der Waals surface area (Å²) in [5.74, 6) is 1.68. The van der Waals surface area contributed by atoms with Crippen LogP contribution in [0.5, 0.6) is 11.5 Å². The predicted molar refractivity (Wildman–Crippen MR) is 96.0 cm³/mol. The summed E-state index contributed by atoms with van der Waals surface area (Å²) in [4.78, 5) is 4.34. The van der Waals surface area contributed by atoms with Gasteiger partial charge in [0, 0.05) is 30.5 Å². The van der Waals surface area contributed by atoms with Crippen LogP contribution < -0.4 is 20.5 Å². The zero-order chi connectivity index (χ0) is 17.5. The van der Waals surface area contributed by atoms with E-state index in [1.54, 1.807) is 14.2 Å². The molecule has 1 aromatic heterocycles. The number of hydrogen-bond acceptors (Lipinski definition) is 4.